The van der Waals surface area contributed by atoms with Crippen molar-refractivity contribution in [2.75, 3.05) is 0 Å². The van der Waals surface area contributed by atoms with Crippen molar-refractivity contribution in [2.24, 2.45) is 0 Å². The Morgan fingerprint density at radius 3 is 2.54 bits per heavy atom. The molecule has 136 valence electrons. The van der Waals surface area contributed by atoms with E-state index in [-0.39, 0.29) is 5.78 Å². The van der Waals surface area contributed by atoms with E-state index in [1.165, 1.54) is 38.5 Å². The van der Waals surface area contributed by atoms with Crippen LogP contribution in [-0.2, 0) is 6.54 Å². The van der Waals surface area contributed by atoms with E-state index in [1.807, 2.05) is 30.3 Å². The summed E-state index contributed by atoms with van der Waals surface area (Å²) in [6.45, 7) is 3.23. The molecule has 0 saturated carbocycles. The molecular formula is C23H26INO. The number of ketones is 1. The van der Waals surface area contributed by atoms with Crippen molar-refractivity contribution >= 4 is 39.3 Å². The Hall–Kier alpha value is -1.62. The number of hydrogen-bond donors (Lipinski definition) is 0. The molecule has 0 unspecified atom stereocenters. The van der Waals surface area contributed by atoms with Crippen LogP contribution >= 0.6 is 22.6 Å². The van der Waals surface area contributed by atoms with Gasteiger partial charge in [0.25, 0.3) is 0 Å². The minimum atomic E-state index is 0.112. The van der Waals surface area contributed by atoms with Crippen molar-refractivity contribution in [3.05, 3.63) is 69.4 Å². The fraction of sp³-hybridized carbons (Fsp3) is 0.348. The fourth-order valence-corrected chi connectivity index (χ4v) is 4.00. The summed E-state index contributed by atoms with van der Waals surface area (Å²) in [7, 11) is 0. The summed E-state index contributed by atoms with van der Waals surface area (Å²) in [6.07, 6.45) is 9.73. The molecule has 1 aromatic heterocycles. The Balaban J connectivity index is 1.80. The number of benzene rings is 2. The van der Waals surface area contributed by atoms with E-state index in [2.05, 4.69) is 58.5 Å². The topological polar surface area (TPSA) is 22.0 Å². The number of fused-ring (bicyclic) bond motifs is 1. The number of hydrogen-bond acceptors (Lipinski definition) is 1. The molecule has 3 rings (SSSR count). The van der Waals surface area contributed by atoms with Gasteiger partial charge in [0.15, 0.2) is 5.78 Å². The molecule has 3 heteroatoms. The number of para-hydroxylation sites is 1. The van der Waals surface area contributed by atoms with E-state index in [9.17, 15) is 4.79 Å². The van der Waals surface area contributed by atoms with Gasteiger partial charge in [-0.2, -0.15) is 0 Å². The lowest BCUT2D eigenvalue weighted by Gasteiger charge is -2.05. The van der Waals surface area contributed by atoms with Gasteiger partial charge in [-0.1, -0.05) is 69.4 Å². The Morgan fingerprint density at radius 2 is 1.73 bits per heavy atom. The van der Waals surface area contributed by atoms with Gasteiger partial charge >= 0.3 is 0 Å². The van der Waals surface area contributed by atoms with Crippen LogP contribution in [0.5, 0.6) is 0 Å². The molecule has 3 aromatic rings. The SMILES string of the molecule is CCCCCCCCn1cc(C(=O)c2cccc(I)c2)c2ccccc21. The van der Waals surface area contributed by atoms with Crippen molar-refractivity contribution in [1.29, 1.82) is 0 Å². The first-order valence-corrected chi connectivity index (χ1v) is 10.7. The van der Waals surface area contributed by atoms with E-state index < -0.39 is 0 Å². The van der Waals surface area contributed by atoms with Crippen LogP contribution in [0.3, 0.4) is 0 Å². The molecule has 0 fully saturated rings. The number of halogens is 1. The molecular weight excluding hydrogens is 433 g/mol. The minimum absolute atomic E-state index is 0.112. The van der Waals surface area contributed by atoms with Crippen LogP contribution in [0.2, 0.25) is 0 Å². The van der Waals surface area contributed by atoms with Crippen LogP contribution < -0.4 is 0 Å². The molecule has 1 heterocycles. The highest BCUT2D eigenvalue weighted by Gasteiger charge is 2.16. The molecule has 0 aliphatic rings. The van der Waals surface area contributed by atoms with Gasteiger partial charge in [0.2, 0.25) is 0 Å². The molecule has 26 heavy (non-hydrogen) atoms. The quantitative estimate of drug-likeness (QED) is 0.195. The van der Waals surface area contributed by atoms with Crippen molar-refractivity contribution in [1.82, 2.24) is 4.57 Å². The molecule has 0 amide bonds. The highest BCUT2D eigenvalue weighted by molar-refractivity contribution is 14.1. The maximum atomic E-state index is 13.1. The molecule has 0 bridgehead atoms. The van der Waals surface area contributed by atoms with Gasteiger partial charge in [0.1, 0.15) is 0 Å². The minimum Gasteiger partial charge on any atom is -0.347 e. The average molecular weight is 459 g/mol. The standard InChI is InChI=1S/C23H26INO/c1-2-3-4-5-6-9-15-25-17-21(20-13-7-8-14-22(20)25)23(26)18-11-10-12-19(24)16-18/h7-8,10-14,16-17H,2-6,9,15H2,1H3. The van der Waals surface area contributed by atoms with Crippen LogP contribution in [0.4, 0.5) is 0 Å². The molecule has 2 nitrogen and oxygen atoms in total. The van der Waals surface area contributed by atoms with E-state index in [1.54, 1.807) is 0 Å². The molecule has 0 aliphatic carbocycles. The number of aromatic nitrogens is 1. The number of carbonyl (C=O) groups excluding carboxylic acids is 1. The predicted molar refractivity (Wildman–Crippen MR) is 118 cm³/mol. The summed E-state index contributed by atoms with van der Waals surface area (Å²) in [4.78, 5) is 13.1. The Morgan fingerprint density at radius 1 is 0.962 bits per heavy atom. The normalized spacial score (nSPS) is 11.2. The second kappa shape index (κ2) is 9.36. The maximum Gasteiger partial charge on any atom is 0.195 e. The molecule has 0 atom stereocenters. The summed E-state index contributed by atoms with van der Waals surface area (Å²) < 4.78 is 3.35. The van der Waals surface area contributed by atoms with Crippen molar-refractivity contribution in [2.45, 2.75) is 52.0 Å². The summed E-state index contributed by atoms with van der Waals surface area (Å²) in [6, 6.07) is 16.1. The van der Waals surface area contributed by atoms with Gasteiger partial charge in [-0.05, 0) is 47.2 Å². The summed E-state index contributed by atoms with van der Waals surface area (Å²) in [5.41, 5.74) is 2.74. The van der Waals surface area contributed by atoms with Crippen LogP contribution in [-0.4, -0.2) is 10.4 Å². The summed E-state index contributed by atoms with van der Waals surface area (Å²) in [5, 5.41) is 1.06. The third-order valence-electron chi connectivity index (χ3n) is 4.87. The van der Waals surface area contributed by atoms with Crippen molar-refractivity contribution in [3.63, 3.8) is 0 Å². The van der Waals surface area contributed by atoms with Crippen LogP contribution in [0.25, 0.3) is 10.9 Å². The van der Waals surface area contributed by atoms with Gasteiger partial charge in [-0.25, -0.2) is 0 Å². The lowest BCUT2D eigenvalue weighted by atomic mass is 10.0. The Bertz CT molecular complexity index is 881. The Labute approximate surface area is 169 Å². The number of nitrogens with zero attached hydrogens (tertiary/aromatic N) is 1. The molecule has 0 aliphatic heterocycles. The van der Waals surface area contributed by atoms with Crippen LogP contribution in [0.15, 0.2) is 54.7 Å². The van der Waals surface area contributed by atoms with Gasteiger partial charge in [-0.3, -0.25) is 4.79 Å². The van der Waals surface area contributed by atoms with E-state index in [4.69, 9.17) is 0 Å². The van der Waals surface area contributed by atoms with Crippen molar-refractivity contribution in [3.8, 4) is 0 Å². The maximum absolute atomic E-state index is 13.1. The van der Waals surface area contributed by atoms with Gasteiger partial charge in [0, 0.05) is 38.3 Å². The first-order valence-electron chi connectivity index (χ1n) is 9.59. The first kappa shape index (κ1) is 19.2. The average Bonchev–Trinajstić information content (AvgIpc) is 3.03. The van der Waals surface area contributed by atoms with E-state index in [0.29, 0.717) is 0 Å². The van der Waals surface area contributed by atoms with E-state index >= 15 is 0 Å². The van der Waals surface area contributed by atoms with Crippen LogP contribution in [0.1, 0.15) is 61.4 Å². The van der Waals surface area contributed by atoms with Crippen LogP contribution in [0, 0.1) is 3.57 Å². The zero-order chi connectivity index (χ0) is 18.4. The summed E-state index contributed by atoms with van der Waals surface area (Å²) >= 11 is 2.26. The largest absolute Gasteiger partial charge is 0.347 e. The lowest BCUT2D eigenvalue weighted by molar-refractivity contribution is 0.104. The highest BCUT2D eigenvalue weighted by atomic mass is 127. The molecule has 0 spiro atoms. The number of aryl methyl sites for hydroxylation is 1. The predicted octanol–water partition coefficient (Wildman–Crippen LogP) is 6.84. The smallest absolute Gasteiger partial charge is 0.195 e. The molecule has 0 saturated heterocycles. The second-order valence-corrected chi connectivity index (χ2v) is 8.11. The second-order valence-electron chi connectivity index (χ2n) is 6.86. The monoisotopic (exact) mass is 459 g/mol. The number of unbranched alkanes of at least 4 members (excludes halogenated alkanes) is 5. The zero-order valence-electron chi connectivity index (χ0n) is 15.4. The Kier molecular flexibility index (Phi) is 6.89. The zero-order valence-corrected chi connectivity index (χ0v) is 17.5. The van der Waals surface area contributed by atoms with E-state index in [0.717, 1.165) is 32.1 Å². The molecule has 2 aromatic carbocycles. The highest BCUT2D eigenvalue weighted by Crippen LogP contribution is 2.25. The lowest BCUT2D eigenvalue weighted by Crippen LogP contribution is -2.01. The molecule has 0 radical (unpaired) electrons. The number of carbonyl (C=O) groups is 1. The van der Waals surface area contributed by atoms with Gasteiger partial charge in [0.05, 0.1) is 0 Å². The van der Waals surface area contributed by atoms with Gasteiger partial charge < -0.3 is 4.57 Å². The molecule has 0 N–H and O–H groups in total. The van der Waals surface area contributed by atoms with Crippen molar-refractivity contribution < 1.29 is 4.79 Å². The third kappa shape index (κ3) is 4.56. The fourth-order valence-electron chi connectivity index (χ4n) is 3.46. The first-order chi connectivity index (χ1) is 12.7. The van der Waals surface area contributed by atoms with Gasteiger partial charge in [-0.15, -0.1) is 0 Å². The third-order valence-corrected chi connectivity index (χ3v) is 5.54. The summed E-state index contributed by atoms with van der Waals surface area (Å²) in [5.74, 6) is 0.112. The number of rotatable bonds is 9.